The number of amides is 1. The zero-order chi connectivity index (χ0) is 15.5. The fourth-order valence-electron chi connectivity index (χ4n) is 2.00. The van der Waals surface area contributed by atoms with E-state index in [0.717, 1.165) is 15.6 Å². The summed E-state index contributed by atoms with van der Waals surface area (Å²) in [4.78, 5) is 12.2. The minimum Gasteiger partial charge on any atom is -0.403 e. The number of carbonyl (C=O) groups excluding carboxylic acids is 1. The van der Waals surface area contributed by atoms with Gasteiger partial charge in [-0.1, -0.05) is 45.3 Å². The molecular weight excluding hydrogens is 346 g/mol. The zero-order valence-electron chi connectivity index (χ0n) is 11.7. The number of rotatable bonds is 3. The van der Waals surface area contributed by atoms with Crippen LogP contribution >= 0.6 is 15.9 Å². The van der Waals surface area contributed by atoms with Crippen molar-refractivity contribution in [3.63, 3.8) is 0 Å². The van der Waals surface area contributed by atoms with E-state index in [1.807, 2.05) is 49.4 Å². The predicted molar refractivity (Wildman–Crippen MR) is 86.6 cm³/mol. The van der Waals surface area contributed by atoms with E-state index in [1.54, 1.807) is 6.07 Å². The number of anilines is 1. The Balaban J connectivity index is 1.80. The Labute approximate surface area is 135 Å². The summed E-state index contributed by atoms with van der Waals surface area (Å²) < 4.78 is 6.39. The highest BCUT2D eigenvalue weighted by molar-refractivity contribution is 9.10. The maximum absolute atomic E-state index is 12.2. The third-order valence-corrected chi connectivity index (χ3v) is 3.60. The lowest BCUT2D eigenvalue weighted by Gasteiger charge is -2.03. The Morgan fingerprint density at radius 2 is 1.95 bits per heavy atom. The van der Waals surface area contributed by atoms with Crippen molar-refractivity contribution in [3.05, 3.63) is 64.1 Å². The van der Waals surface area contributed by atoms with Gasteiger partial charge in [0.15, 0.2) is 0 Å². The summed E-state index contributed by atoms with van der Waals surface area (Å²) in [6, 6.07) is 14.9. The second-order valence-electron chi connectivity index (χ2n) is 4.69. The quantitative estimate of drug-likeness (QED) is 0.767. The third-order valence-electron chi connectivity index (χ3n) is 3.11. The molecule has 0 radical (unpaired) electrons. The summed E-state index contributed by atoms with van der Waals surface area (Å²) in [6.45, 7) is 1.87. The van der Waals surface area contributed by atoms with Crippen molar-refractivity contribution >= 4 is 27.9 Å². The van der Waals surface area contributed by atoms with Gasteiger partial charge in [-0.05, 0) is 36.8 Å². The van der Waals surface area contributed by atoms with Crippen molar-refractivity contribution in [2.24, 2.45) is 0 Å². The van der Waals surface area contributed by atoms with Crippen LogP contribution in [0.1, 0.15) is 15.9 Å². The average molecular weight is 358 g/mol. The number of nitrogens with zero attached hydrogens (tertiary/aromatic N) is 2. The molecule has 1 heterocycles. The van der Waals surface area contributed by atoms with Crippen LogP contribution in [0.15, 0.2) is 57.4 Å². The Morgan fingerprint density at radius 1 is 1.14 bits per heavy atom. The lowest BCUT2D eigenvalue weighted by atomic mass is 10.1. The molecule has 0 aliphatic heterocycles. The molecule has 6 heteroatoms. The van der Waals surface area contributed by atoms with Crippen LogP contribution in [0.4, 0.5) is 6.01 Å². The molecule has 0 saturated heterocycles. The maximum atomic E-state index is 12.2. The minimum atomic E-state index is -0.275. The van der Waals surface area contributed by atoms with E-state index in [-0.39, 0.29) is 11.9 Å². The van der Waals surface area contributed by atoms with Gasteiger partial charge in [0, 0.05) is 15.6 Å². The van der Waals surface area contributed by atoms with Crippen LogP contribution in [0.3, 0.4) is 0 Å². The van der Waals surface area contributed by atoms with E-state index >= 15 is 0 Å². The van der Waals surface area contributed by atoms with E-state index in [2.05, 4.69) is 31.4 Å². The number of aromatic nitrogens is 2. The Morgan fingerprint density at radius 3 is 2.73 bits per heavy atom. The van der Waals surface area contributed by atoms with Crippen LogP contribution in [0, 0.1) is 6.92 Å². The SMILES string of the molecule is Cc1ccccc1C(=O)Nc1nnc(-c2cccc(Br)c2)o1. The van der Waals surface area contributed by atoms with Crippen molar-refractivity contribution in [1.82, 2.24) is 10.2 Å². The minimum absolute atomic E-state index is 0.0724. The number of hydrogen-bond acceptors (Lipinski definition) is 4. The highest BCUT2D eigenvalue weighted by atomic mass is 79.9. The molecule has 0 unspecified atom stereocenters. The molecule has 2 aromatic carbocycles. The molecule has 3 rings (SSSR count). The molecular formula is C16H12BrN3O2. The van der Waals surface area contributed by atoms with Gasteiger partial charge in [-0.2, -0.15) is 0 Å². The molecule has 0 atom stereocenters. The van der Waals surface area contributed by atoms with E-state index in [9.17, 15) is 4.79 Å². The van der Waals surface area contributed by atoms with Gasteiger partial charge in [-0.3, -0.25) is 10.1 Å². The van der Waals surface area contributed by atoms with Crippen molar-refractivity contribution in [2.75, 3.05) is 5.32 Å². The molecule has 22 heavy (non-hydrogen) atoms. The molecule has 1 aromatic heterocycles. The van der Waals surface area contributed by atoms with Gasteiger partial charge in [-0.15, -0.1) is 5.10 Å². The van der Waals surface area contributed by atoms with Crippen LogP contribution in [0.2, 0.25) is 0 Å². The molecule has 0 aliphatic carbocycles. The summed E-state index contributed by atoms with van der Waals surface area (Å²) in [5.41, 5.74) is 2.23. The maximum Gasteiger partial charge on any atom is 0.322 e. The Hall–Kier alpha value is -2.47. The summed E-state index contributed by atoms with van der Waals surface area (Å²) in [6.07, 6.45) is 0. The van der Waals surface area contributed by atoms with Crippen LogP contribution in [0.25, 0.3) is 11.5 Å². The Kier molecular flexibility index (Phi) is 4.02. The number of hydrogen-bond donors (Lipinski definition) is 1. The second kappa shape index (κ2) is 6.11. The largest absolute Gasteiger partial charge is 0.403 e. The van der Waals surface area contributed by atoms with Gasteiger partial charge in [0.1, 0.15) is 0 Å². The predicted octanol–water partition coefficient (Wildman–Crippen LogP) is 4.06. The first-order chi connectivity index (χ1) is 10.6. The molecule has 1 amide bonds. The van der Waals surface area contributed by atoms with Gasteiger partial charge in [0.05, 0.1) is 0 Å². The van der Waals surface area contributed by atoms with Crippen molar-refractivity contribution < 1.29 is 9.21 Å². The van der Waals surface area contributed by atoms with Crippen molar-refractivity contribution in [1.29, 1.82) is 0 Å². The van der Waals surface area contributed by atoms with Crippen molar-refractivity contribution in [2.45, 2.75) is 6.92 Å². The number of benzene rings is 2. The van der Waals surface area contributed by atoms with Crippen LogP contribution < -0.4 is 5.32 Å². The second-order valence-corrected chi connectivity index (χ2v) is 5.61. The molecule has 1 N–H and O–H groups in total. The average Bonchev–Trinajstić information content (AvgIpc) is 2.96. The van der Waals surface area contributed by atoms with Gasteiger partial charge in [0.25, 0.3) is 5.91 Å². The summed E-state index contributed by atoms with van der Waals surface area (Å²) >= 11 is 3.39. The van der Waals surface area contributed by atoms with Crippen LogP contribution in [-0.4, -0.2) is 16.1 Å². The number of carbonyl (C=O) groups is 1. The van der Waals surface area contributed by atoms with Crippen molar-refractivity contribution in [3.8, 4) is 11.5 Å². The highest BCUT2D eigenvalue weighted by Crippen LogP contribution is 2.23. The number of halogens is 1. The number of nitrogens with one attached hydrogen (secondary N) is 1. The molecule has 0 saturated carbocycles. The van der Waals surface area contributed by atoms with Gasteiger partial charge in [0.2, 0.25) is 5.89 Å². The summed E-state index contributed by atoms with van der Waals surface area (Å²) in [5.74, 6) is 0.0731. The Bertz CT molecular complexity index is 830. The molecule has 0 fully saturated rings. The smallest absolute Gasteiger partial charge is 0.322 e. The first-order valence-corrected chi connectivity index (χ1v) is 7.39. The highest BCUT2D eigenvalue weighted by Gasteiger charge is 2.14. The van der Waals surface area contributed by atoms with Gasteiger partial charge < -0.3 is 4.42 Å². The van der Waals surface area contributed by atoms with Gasteiger partial charge in [-0.25, -0.2) is 0 Å². The molecule has 110 valence electrons. The fraction of sp³-hybridized carbons (Fsp3) is 0.0625. The first kappa shape index (κ1) is 14.5. The number of aryl methyl sites for hydroxylation is 1. The summed E-state index contributed by atoms with van der Waals surface area (Å²) in [7, 11) is 0. The lowest BCUT2D eigenvalue weighted by molar-refractivity contribution is 0.102. The fourth-order valence-corrected chi connectivity index (χ4v) is 2.40. The standard InChI is InChI=1S/C16H12BrN3O2/c1-10-5-2-3-8-13(10)14(21)18-16-20-19-15(22-16)11-6-4-7-12(17)9-11/h2-9H,1H3,(H,18,20,21). The molecule has 0 spiro atoms. The molecule has 0 bridgehead atoms. The topological polar surface area (TPSA) is 68.0 Å². The lowest BCUT2D eigenvalue weighted by Crippen LogP contribution is -2.13. The molecule has 0 aliphatic rings. The summed E-state index contributed by atoms with van der Waals surface area (Å²) in [5, 5.41) is 10.4. The monoisotopic (exact) mass is 357 g/mol. The zero-order valence-corrected chi connectivity index (χ0v) is 13.3. The van der Waals surface area contributed by atoms with E-state index < -0.39 is 0 Å². The van der Waals surface area contributed by atoms with E-state index in [0.29, 0.717) is 11.5 Å². The molecule has 5 nitrogen and oxygen atoms in total. The van der Waals surface area contributed by atoms with E-state index in [1.165, 1.54) is 0 Å². The van der Waals surface area contributed by atoms with Gasteiger partial charge >= 0.3 is 6.01 Å². The first-order valence-electron chi connectivity index (χ1n) is 6.60. The molecule has 3 aromatic rings. The van der Waals surface area contributed by atoms with Crippen LogP contribution in [-0.2, 0) is 0 Å². The normalized spacial score (nSPS) is 10.5. The van der Waals surface area contributed by atoms with E-state index in [4.69, 9.17) is 4.42 Å². The van der Waals surface area contributed by atoms with Crippen LogP contribution in [0.5, 0.6) is 0 Å². The third kappa shape index (κ3) is 3.07.